The average molecular weight is 308 g/mol. The largest absolute Gasteiger partial charge is 0.252 e. The Kier molecular flexibility index (Phi) is 4.74. The van der Waals surface area contributed by atoms with Crippen molar-refractivity contribution < 1.29 is 8.42 Å². The molecule has 0 aliphatic carbocycles. The Balaban J connectivity index is 2.29. The van der Waals surface area contributed by atoms with Gasteiger partial charge in [0.1, 0.15) is 12.2 Å². The third-order valence-electron chi connectivity index (χ3n) is 3.12. The van der Waals surface area contributed by atoms with Crippen LogP contribution in [0.4, 0.5) is 0 Å². The van der Waals surface area contributed by atoms with Crippen LogP contribution in [-0.2, 0) is 17.1 Å². The molecule has 2 rings (SSSR count). The van der Waals surface area contributed by atoms with Gasteiger partial charge in [0.2, 0.25) is 10.0 Å². The van der Waals surface area contributed by atoms with Gasteiger partial charge in [-0.15, -0.1) is 0 Å². The third kappa shape index (κ3) is 3.89. The molecular weight excluding hydrogens is 288 g/mol. The zero-order valence-corrected chi connectivity index (χ0v) is 13.2. The quantitative estimate of drug-likeness (QED) is 0.884. The SMILES string of the molecule is CC(C)C[C@H](NS(=O)(=O)c1ccccc1)c1ncnn1C. The highest BCUT2D eigenvalue weighted by Crippen LogP contribution is 2.21. The summed E-state index contributed by atoms with van der Waals surface area (Å²) in [4.78, 5) is 4.42. The second kappa shape index (κ2) is 6.36. The van der Waals surface area contributed by atoms with Crippen molar-refractivity contribution in [3.8, 4) is 0 Å². The van der Waals surface area contributed by atoms with Crippen molar-refractivity contribution in [3.63, 3.8) is 0 Å². The maximum Gasteiger partial charge on any atom is 0.241 e. The van der Waals surface area contributed by atoms with E-state index in [1.54, 1.807) is 42.1 Å². The molecule has 0 bridgehead atoms. The van der Waals surface area contributed by atoms with Crippen LogP contribution in [0.15, 0.2) is 41.6 Å². The van der Waals surface area contributed by atoms with Gasteiger partial charge < -0.3 is 0 Å². The summed E-state index contributed by atoms with van der Waals surface area (Å²) >= 11 is 0. The molecule has 0 unspecified atom stereocenters. The van der Waals surface area contributed by atoms with Gasteiger partial charge in [-0.05, 0) is 24.5 Å². The van der Waals surface area contributed by atoms with Crippen molar-refractivity contribution >= 4 is 10.0 Å². The normalized spacial score (nSPS) is 13.5. The van der Waals surface area contributed by atoms with Crippen LogP contribution in [0.3, 0.4) is 0 Å². The van der Waals surface area contributed by atoms with Crippen LogP contribution in [0.2, 0.25) is 0 Å². The predicted octanol–water partition coefficient (Wildman–Crippen LogP) is 1.88. The van der Waals surface area contributed by atoms with E-state index in [0.29, 0.717) is 18.2 Å². The predicted molar refractivity (Wildman–Crippen MR) is 80.0 cm³/mol. The van der Waals surface area contributed by atoms with Crippen molar-refractivity contribution in [2.75, 3.05) is 0 Å². The molecule has 0 spiro atoms. The van der Waals surface area contributed by atoms with Gasteiger partial charge in [-0.2, -0.15) is 5.10 Å². The topological polar surface area (TPSA) is 76.9 Å². The van der Waals surface area contributed by atoms with E-state index in [1.807, 2.05) is 13.8 Å². The van der Waals surface area contributed by atoms with Crippen LogP contribution in [0, 0.1) is 5.92 Å². The smallest absolute Gasteiger partial charge is 0.241 e. The highest BCUT2D eigenvalue weighted by molar-refractivity contribution is 7.89. The minimum Gasteiger partial charge on any atom is -0.252 e. The van der Waals surface area contributed by atoms with Crippen molar-refractivity contribution in [2.45, 2.75) is 31.2 Å². The fourth-order valence-corrected chi connectivity index (χ4v) is 3.38. The summed E-state index contributed by atoms with van der Waals surface area (Å²) in [7, 11) is -1.82. The Hall–Kier alpha value is -1.73. The molecule has 1 heterocycles. The fourth-order valence-electron chi connectivity index (χ4n) is 2.15. The number of hydrogen-bond acceptors (Lipinski definition) is 4. The molecule has 1 aromatic heterocycles. The van der Waals surface area contributed by atoms with Crippen LogP contribution >= 0.6 is 0 Å². The van der Waals surface area contributed by atoms with E-state index in [9.17, 15) is 8.42 Å². The van der Waals surface area contributed by atoms with E-state index < -0.39 is 16.1 Å². The first kappa shape index (κ1) is 15.7. The van der Waals surface area contributed by atoms with E-state index in [4.69, 9.17) is 0 Å². The first-order valence-corrected chi connectivity index (χ1v) is 8.29. The Bertz CT molecular complexity index is 680. The first-order chi connectivity index (χ1) is 9.90. The number of sulfonamides is 1. The molecule has 1 atom stereocenters. The zero-order chi connectivity index (χ0) is 15.5. The molecule has 0 amide bonds. The van der Waals surface area contributed by atoms with Gasteiger partial charge in [0, 0.05) is 7.05 Å². The summed E-state index contributed by atoms with van der Waals surface area (Å²) in [5.74, 6) is 0.938. The third-order valence-corrected chi connectivity index (χ3v) is 4.60. The number of nitrogens with zero attached hydrogens (tertiary/aromatic N) is 3. The lowest BCUT2D eigenvalue weighted by molar-refractivity contribution is 0.443. The number of aromatic nitrogens is 3. The Morgan fingerprint density at radius 1 is 1.24 bits per heavy atom. The van der Waals surface area contributed by atoms with Gasteiger partial charge in [0.05, 0.1) is 10.9 Å². The summed E-state index contributed by atoms with van der Waals surface area (Å²) in [6.07, 6.45) is 2.08. The summed E-state index contributed by atoms with van der Waals surface area (Å²) in [6, 6.07) is 7.94. The van der Waals surface area contributed by atoms with Gasteiger partial charge in [0.15, 0.2) is 0 Å². The highest BCUT2D eigenvalue weighted by Gasteiger charge is 2.25. The highest BCUT2D eigenvalue weighted by atomic mass is 32.2. The Morgan fingerprint density at radius 2 is 1.90 bits per heavy atom. The van der Waals surface area contributed by atoms with E-state index in [2.05, 4.69) is 14.8 Å². The van der Waals surface area contributed by atoms with Crippen LogP contribution < -0.4 is 4.72 Å². The molecular formula is C14H20N4O2S. The maximum atomic E-state index is 12.5. The van der Waals surface area contributed by atoms with E-state index in [0.717, 1.165) is 0 Å². The van der Waals surface area contributed by atoms with Gasteiger partial charge in [-0.3, -0.25) is 4.68 Å². The molecule has 0 radical (unpaired) electrons. The average Bonchev–Trinajstić information content (AvgIpc) is 2.84. The Labute approximate surface area is 125 Å². The summed E-state index contributed by atoms with van der Waals surface area (Å²) < 4.78 is 29.3. The minimum atomic E-state index is -3.58. The molecule has 1 N–H and O–H groups in total. The van der Waals surface area contributed by atoms with Gasteiger partial charge in [-0.25, -0.2) is 18.1 Å². The molecule has 1 aromatic carbocycles. The van der Waals surface area contributed by atoms with E-state index >= 15 is 0 Å². The van der Waals surface area contributed by atoms with Crippen molar-refractivity contribution in [2.24, 2.45) is 13.0 Å². The maximum absolute atomic E-state index is 12.5. The lowest BCUT2D eigenvalue weighted by Gasteiger charge is -2.19. The van der Waals surface area contributed by atoms with Crippen molar-refractivity contribution in [1.82, 2.24) is 19.5 Å². The number of aryl methyl sites for hydroxylation is 1. The van der Waals surface area contributed by atoms with Crippen LogP contribution in [-0.4, -0.2) is 23.2 Å². The molecule has 0 fully saturated rings. The lowest BCUT2D eigenvalue weighted by atomic mass is 10.0. The number of benzene rings is 1. The molecule has 6 nitrogen and oxygen atoms in total. The van der Waals surface area contributed by atoms with E-state index in [1.165, 1.54) is 6.33 Å². The fraction of sp³-hybridized carbons (Fsp3) is 0.429. The molecule has 0 aliphatic heterocycles. The van der Waals surface area contributed by atoms with Crippen LogP contribution in [0.1, 0.15) is 32.1 Å². The van der Waals surface area contributed by atoms with Crippen molar-refractivity contribution in [1.29, 1.82) is 0 Å². The summed E-state index contributed by atoms with van der Waals surface area (Å²) in [5.41, 5.74) is 0. The van der Waals surface area contributed by atoms with E-state index in [-0.39, 0.29) is 4.90 Å². The molecule has 7 heteroatoms. The number of nitrogens with one attached hydrogen (secondary N) is 1. The molecule has 0 saturated heterocycles. The van der Waals surface area contributed by atoms with Crippen LogP contribution in [0.25, 0.3) is 0 Å². The molecule has 0 aliphatic rings. The zero-order valence-electron chi connectivity index (χ0n) is 12.4. The van der Waals surface area contributed by atoms with Gasteiger partial charge in [-0.1, -0.05) is 32.0 Å². The van der Waals surface area contributed by atoms with Gasteiger partial charge in [0.25, 0.3) is 0 Å². The van der Waals surface area contributed by atoms with Gasteiger partial charge >= 0.3 is 0 Å². The number of rotatable bonds is 6. The summed E-state index contributed by atoms with van der Waals surface area (Å²) in [6.45, 7) is 4.08. The van der Waals surface area contributed by atoms with Crippen LogP contribution in [0.5, 0.6) is 0 Å². The second-order valence-electron chi connectivity index (χ2n) is 5.36. The summed E-state index contributed by atoms with van der Waals surface area (Å²) in [5, 5.41) is 4.02. The first-order valence-electron chi connectivity index (χ1n) is 6.81. The minimum absolute atomic E-state index is 0.251. The lowest BCUT2D eigenvalue weighted by Crippen LogP contribution is -2.31. The molecule has 2 aromatic rings. The second-order valence-corrected chi connectivity index (χ2v) is 7.07. The number of hydrogen-bond donors (Lipinski definition) is 1. The molecule has 0 saturated carbocycles. The molecule has 114 valence electrons. The Morgan fingerprint density at radius 3 is 2.43 bits per heavy atom. The monoisotopic (exact) mass is 308 g/mol. The van der Waals surface area contributed by atoms with Crippen molar-refractivity contribution in [3.05, 3.63) is 42.5 Å². The molecule has 21 heavy (non-hydrogen) atoms. The standard InChI is InChI=1S/C14H20N4O2S/c1-11(2)9-13(14-15-10-16-18(14)3)17-21(19,20)12-7-5-4-6-8-12/h4-8,10-11,13,17H,9H2,1-3H3/t13-/m0/s1.